The van der Waals surface area contributed by atoms with E-state index in [4.69, 9.17) is 4.74 Å². The van der Waals surface area contributed by atoms with Crippen LogP contribution in [-0.2, 0) is 0 Å². The van der Waals surface area contributed by atoms with Crippen LogP contribution in [0.2, 0.25) is 0 Å². The number of nitrogens with zero attached hydrogens (tertiary/aromatic N) is 1. The minimum atomic E-state index is -1.39. The van der Waals surface area contributed by atoms with Crippen LogP contribution in [0.15, 0.2) is 40.9 Å². The maximum Gasteiger partial charge on any atom is 0.314 e. The zero-order valence-corrected chi connectivity index (χ0v) is 10.9. The Morgan fingerprint density at radius 1 is 1.21 bits per heavy atom. The molecule has 0 bridgehead atoms. The van der Waals surface area contributed by atoms with E-state index in [1.165, 1.54) is 12.1 Å². The van der Waals surface area contributed by atoms with E-state index in [-0.39, 0.29) is 5.75 Å². The fourth-order valence-electron chi connectivity index (χ4n) is 1.41. The standard InChI is InChI=1S/C12H6BrF2NO3/c13-7-2-1-3-8(6-7)19-12-10(16(17)18)5-4-9(14)11(12)15/h1-6H. The average Bonchev–Trinajstić information content (AvgIpc) is 2.35. The van der Waals surface area contributed by atoms with Gasteiger partial charge in [-0.1, -0.05) is 22.0 Å². The Hall–Kier alpha value is -2.02. The second-order valence-electron chi connectivity index (χ2n) is 3.53. The minimum Gasteiger partial charge on any atom is -0.447 e. The number of rotatable bonds is 3. The Bertz CT molecular complexity index is 649. The SMILES string of the molecule is O=[N+]([O-])c1ccc(F)c(F)c1Oc1cccc(Br)c1. The van der Waals surface area contributed by atoms with Crippen LogP contribution in [0.1, 0.15) is 0 Å². The van der Waals surface area contributed by atoms with Gasteiger partial charge in [-0.3, -0.25) is 10.1 Å². The quantitative estimate of drug-likeness (QED) is 0.618. The molecule has 0 aliphatic heterocycles. The summed E-state index contributed by atoms with van der Waals surface area (Å²) in [6.45, 7) is 0. The molecule has 0 radical (unpaired) electrons. The van der Waals surface area contributed by atoms with E-state index in [1.807, 2.05) is 0 Å². The van der Waals surface area contributed by atoms with Crippen LogP contribution in [-0.4, -0.2) is 4.92 Å². The van der Waals surface area contributed by atoms with Gasteiger partial charge in [-0.15, -0.1) is 0 Å². The minimum absolute atomic E-state index is 0.155. The van der Waals surface area contributed by atoms with Gasteiger partial charge < -0.3 is 4.74 Å². The predicted molar refractivity (Wildman–Crippen MR) is 67.2 cm³/mol. The van der Waals surface area contributed by atoms with E-state index in [1.54, 1.807) is 12.1 Å². The lowest BCUT2D eigenvalue weighted by Crippen LogP contribution is -1.98. The van der Waals surface area contributed by atoms with Gasteiger partial charge in [-0.05, 0) is 24.3 Å². The molecule has 0 N–H and O–H groups in total. The highest BCUT2D eigenvalue weighted by Gasteiger charge is 2.23. The average molecular weight is 330 g/mol. The summed E-state index contributed by atoms with van der Waals surface area (Å²) in [6.07, 6.45) is 0. The van der Waals surface area contributed by atoms with Gasteiger partial charge in [0, 0.05) is 10.5 Å². The molecule has 0 unspecified atom stereocenters. The molecule has 0 amide bonds. The van der Waals surface area contributed by atoms with Crippen molar-refractivity contribution in [3.05, 3.63) is 62.6 Å². The van der Waals surface area contributed by atoms with E-state index < -0.39 is 28.0 Å². The molecule has 98 valence electrons. The molecule has 0 aliphatic rings. The first kappa shape index (κ1) is 13.4. The lowest BCUT2D eigenvalue weighted by molar-refractivity contribution is -0.385. The fourth-order valence-corrected chi connectivity index (χ4v) is 1.79. The summed E-state index contributed by atoms with van der Waals surface area (Å²) in [5, 5.41) is 10.8. The van der Waals surface area contributed by atoms with Crippen LogP contribution in [0.4, 0.5) is 14.5 Å². The number of ether oxygens (including phenoxy) is 1. The molecule has 0 aliphatic carbocycles. The zero-order chi connectivity index (χ0) is 14.0. The van der Waals surface area contributed by atoms with Gasteiger partial charge in [0.25, 0.3) is 0 Å². The highest BCUT2D eigenvalue weighted by Crippen LogP contribution is 2.35. The highest BCUT2D eigenvalue weighted by atomic mass is 79.9. The Labute approximate surface area is 114 Å². The maximum atomic E-state index is 13.6. The van der Waals surface area contributed by atoms with Crippen LogP contribution in [0.25, 0.3) is 0 Å². The van der Waals surface area contributed by atoms with Crippen molar-refractivity contribution >= 4 is 21.6 Å². The van der Waals surface area contributed by atoms with Gasteiger partial charge in [-0.2, -0.15) is 4.39 Å². The smallest absolute Gasteiger partial charge is 0.314 e. The molecular formula is C12H6BrF2NO3. The van der Waals surface area contributed by atoms with Crippen LogP contribution in [0.5, 0.6) is 11.5 Å². The first-order valence-electron chi connectivity index (χ1n) is 5.05. The van der Waals surface area contributed by atoms with Gasteiger partial charge >= 0.3 is 5.69 Å². The Morgan fingerprint density at radius 2 is 1.95 bits per heavy atom. The van der Waals surface area contributed by atoms with Crippen molar-refractivity contribution in [2.45, 2.75) is 0 Å². The van der Waals surface area contributed by atoms with E-state index in [2.05, 4.69) is 15.9 Å². The summed E-state index contributed by atoms with van der Waals surface area (Å²) < 4.78 is 32.4. The van der Waals surface area contributed by atoms with Gasteiger partial charge in [0.05, 0.1) is 4.92 Å². The third kappa shape index (κ3) is 2.87. The first-order valence-corrected chi connectivity index (χ1v) is 5.84. The fraction of sp³-hybridized carbons (Fsp3) is 0. The predicted octanol–water partition coefficient (Wildman–Crippen LogP) is 4.43. The molecule has 0 spiro atoms. The van der Waals surface area contributed by atoms with Crippen LogP contribution < -0.4 is 4.74 Å². The molecule has 0 heterocycles. The normalized spacial score (nSPS) is 10.3. The summed E-state index contributed by atoms with van der Waals surface area (Å²) in [5.41, 5.74) is -0.640. The topological polar surface area (TPSA) is 52.4 Å². The number of benzene rings is 2. The lowest BCUT2D eigenvalue weighted by Gasteiger charge is -2.08. The molecule has 2 rings (SSSR count). The molecule has 0 atom stereocenters. The molecule has 2 aromatic rings. The number of hydrogen-bond donors (Lipinski definition) is 0. The Balaban J connectivity index is 2.49. The second kappa shape index (κ2) is 5.31. The van der Waals surface area contributed by atoms with Crippen molar-refractivity contribution in [3.63, 3.8) is 0 Å². The third-order valence-corrected chi connectivity index (χ3v) is 2.74. The lowest BCUT2D eigenvalue weighted by atomic mass is 10.2. The molecule has 0 saturated carbocycles. The zero-order valence-electron chi connectivity index (χ0n) is 9.27. The maximum absolute atomic E-state index is 13.6. The monoisotopic (exact) mass is 329 g/mol. The first-order chi connectivity index (χ1) is 8.99. The highest BCUT2D eigenvalue weighted by molar-refractivity contribution is 9.10. The van der Waals surface area contributed by atoms with Crippen molar-refractivity contribution in [1.82, 2.24) is 0 Å². The molecule has 0 aromatic heterocycles. The summed E-state index contributed by atoms with van der Waals surface area (Å²) in [4.78, 5) is 9.93. The summed E-state index contributed by atoms with van der Waals surface area (Å²) in [5.74, 6) is -3.20. The number of nitro benzene ring substituents is 1. The number of nitro groups is 1. The number of hydrogen-bond acceptors (Lipinski definition) is 3. The van der Waals surface area contributed by atoms with Crippen molar-refractivity contribution in [1.29, 1.82) is 0 Å². The summed E-state index contributed by atoms with van der Waals surface area (Å²) >= 11 is 3.17. The van der Waals surface area contributed by atoms with E-state index >= 15 is 0 Å². The van der Waals surface area contributed by atoms with E-state index in [0.717, 1.165) is 6.07 Å². The largest absolute Gasteiger partial charge is 0.447 e. The molecule has 2 aromatic carbocycles. The van der Waals surface area contributed by atoms with Gasteiger partial charge in [-0.25, -0.2) is 4.39 Å². The van der Waals surface area contributed by atoms with Crippen LogP contribution >= 0.6 is 15.9 Å². The molecule has 19 heavy (non-hydrogen) atoms. The molecular weight excluding hydrogens is 324 g/mol. The van der Waals surface area contributed by atoms with Gasteiger partial charge in [0.2, 0.25) is 11.6 Å². The number of halogens is 3. The Kier molecular flexibility index (Phi) is 3.75. The molecule has 0 fully saturated rings. The molecule has 7 heteroatoms. The summed E-state index contributed by atoms with van der Waals surface area (Å²) in [6, 6.07) is 7.78. The van der Waals surface area contributed by atoms with E-state index in [9.17, 15) is 18.9 Å². The van der Waals surface area contributed by atoms with Crippen molar-refractivity contribution in [3.8, 4) is 11.5 Å². The van der Waals surface area contributed by atoms with Crippen LogP contribution in [0, 0.1) is 21.7 Å². The third-order valence-electron chi connectivity index (χ3n) is 2.24. The van der Waals surface area contributed by atoms with Gasteiger partial charge in [0.15, 0.2) is 5.82 Å². The summed E-state index contributed by atoms with van der Waals surface area (Å²) in [7, 11) is 0. The Morgan fingerprint density at radius 3 is 2.58 bits per heavy atom. The van der Waals surface area contributed by atoms with Crippen molar-refractivity contribution in [2.75, 3.05) is 0 Å². The van der Waals surface area contributed by atoms with Crippen molar-refractivity contribution in [2.24, 2.45) is 0 Å². The van der Waals surface area contributed by atoms with Crippen LogP contribution in [0.3, 0.4) is 0 Å². The molecule has 4 nitrogen and oxygen atoms in total. The van der Waals surface area contributed by atoms with Crippen molar-refractivity contribution < 1.29 is 18.4 Å². The molecule has 0 saturated heterocycles. The van der Waals surface area contributed by atoms with E-state index in [0.29, 0.717) is 10.5 Å². The second-order valence-corrected chi connectivity index (χ2v) is 4.44. The van der Waals surface area contributed by atoms with Gasteiger partial charge in [0.1, 0.15) is 5.75 Å².